The SMILES string of the molecule is CCCC1CCCN(C(=O)C(C)(C)C(C)(C)N)CC1. The van der Waals surface area contributed by atoms with E-state index in [0.717, 1.165) is 31.8 Å². The summed E-state index contributed by atoms with van der Waals surface area (Å²) in [5, 5.41) is 0. The second-order valence-corrected chi connectivity index (χ2v) is 7.22. The van der Waals surface area contributed by atoms with Gasteiger partial charge in [-0.15, -0.1) is 0 Å². The van der Waals surface area contributed by atoms with Gasteiger partial charge in [0, 0.05) is 18.6 Å². The molecule has 1 fully saturated rings. The molecule has 0 spiro atoms. The minimum Gasteiger partial charge on any atom is -0.342 e. The third-order valence-electron chi connectivity index (χ3n) is 4.98. The van der Waals surface area contributed by atoms with Crippen LogP contribution in [0, 0.1) is 11.3 Å². The van der Waals surface area contributed by atoms with Crippen molar-refractivity contribution in [2.45, 2.75) is 72.3 Å². The molecule has 0 aliphatic carbocycles. The molecule has 0 aromatic rings. The van der Waals surface area contributed by atoms with Crippen LogP contribution in [0.3, 0.4) is 0 Å². The van der Waals surface area contributed by atoms with Crippen LogP contribution in [0.2, 0.25) is 0 Å². The quantitative estimate of drug-likeness (QED) is 0.851. The third kappa shape index (κ3) is 3.95. The van der Waals surface area contributed by atoms with E-state index in [4.69, 9.17) is 5.73 Å². The Morgan fingerprint density at radius 1 is 1.21 bits per heavy atom. The lowest BCUT2D eigenvalue weighted by molar-refractivity contribution is -0.143. The van der Waals surface area contributed by atoms with Gasteiger partial charge in [0.1, 0.15) is 0 Å². The monoisotopic (exact) mass is 268 g/mol. The topological polar surface area (TPSA) is 46.3 Å². The number of amides is 1. The molecule has 1 aliphatic heterocycles. The first-order valence-electron chi connectivity index (χ1n) is 7.78. The van der Waals surface area contributed by atoms with E-state index in [1.165, 1.54) is 19.3 Å². The zero-order chi connectivity index (χ0) is 14.7. The Morgan fingerprint density at radius 3 is 2.37 bits per heavy atom. The third-order valence-corrected chi connectivity index (χ3v) is 4.98. The zero-order valence-electron chi connectivity index (χ0n) is 13.5. The molecule has 0 aromatic carbocycles. The molecule has 1 heterocycles. The summed E-state index contributed by atoms with van der Waals surface area (Å²) in [5.41, 5.74) is 5.20. The van der Waals surface area contributed by atoms with Crippen LogP contribution < -0.4 is 5.73 Å². The van der Waals surface area contributed by atoms with Crippen molar-refractivity contribution in [3.8, 4) is 0 Å². The summed E-state index contributed by atoms with van der Waals surface area (Å²) < 4.78 is 0. The van der Waals surface area contributed by atoms with Crippen molar-refractivity contribution in [3.63, 3.8) is 0 Å². The molecule has 0 aromatic heterocycles. The predicted octanol–water partition coefficient (Wildman–Crippen LogP) is 3.18. The van der Waals surface area contributed by atoms with E-state index in [0.29, 0.717) is 0 Å². The number of hydrogen-bond acceptors (Lipinski definition) is 2. The highest BCUT2D eigenvalue weighted by Crippen LogP contribution is 2.32. The van der Waals surface area contributed by atoms with Crippen LogP contribution in [0.4, 0.5) is 0 Å². The van der Waals surface area contributed by atoms with E-state index in [2.05, 4.69) is 6.92 Å². The van der Waals surface area contributed by atoms with Gasteiger partial charge in [0.25, 0.3) is 0 Å². The summed E-state index contributed by atoms with van der Waals surface area (Å²) in [4.78, 5) is 14.8. The van der Waals surface area contributed by atoms with Crippen molar-refractivity contribution >= 4 is 5.91 Å². The Morgan fingerprint density at radius 2 is 1.84 bits per heavy atom. The number of rotatable bonds is 4. The van der Waals surface area contributed by atoms with Crippen LogP contribution >= 0.6 is 0 Å². The summed E-state index contributed by atoms with van der Waals surface area (Å²) in [5.74, 6) is 1.02. The van der Waals surface area contributed by atoms with Crippen molar-refractivity contribution in [2.75, 3.05) is 13.1 Å². The maximum atomic E-state index is 12.7. The number of nitrogens with two attached hydrogens (primary N) is 1. The Labute approximate surface area is 118 Å². The molecular formula is C16H32N2O. The lowest BCUT2D eigenvalue weighted by Crippen LogP contribution is -2.56. The molecule has 3 heteroatoms. The van der Waals surface area contributed by atoms with Crippen LogP contribution in [-0.4, -0.2) is 29.4 Å². The van der Waals surface area contributed by atoms with Crippen LogP contribution in [0.15, 0.2) is 0 Å². The summed E-state index contributed by atoms with van der Waals surface area (Å²) >= 11 is 0. The smallest absolute Gasteiger partial charge is 0.230 e. The van der Waals surface area contributed by atoms with Crippen LogP contribution in [0.1, 0.15) is 66.7 Å². The van der Waals surface area contributed by atoms with E-state index in [1.54, 1.807) is 0 Å². The number of nitrogens with zero attached hydrogens (tertiary/aromatic N) is 1. The molecule has 112 valence electrons. The lowest BCUT2D eigenvalue weighted by atomic mass is 9.74. The fourth-order valence-corrected chi connectivity index (χ4v) is 2.74. The second kappa shape index (κ2) is 6.25. The van der Waals surface area contributed by atoms with Gasteiger partial charge in [-0.05, 0) is 52.9 Å². The van der Waals surface area contributed by atoms with Crippen molar-refractivity contribution in [3.05, 3.63) is 0 Å². The number of carbonyl (C=O) groups is 1. The fraction of sp³-hybridized carbons (Fsp3) is 0.938. The van der Waals surface area contributed by atoms with E-state index in [-0.39, 0.29) is 5.91 Å². The van der Waals surface area contributed by atoms with E-state index in [9.17, 15) is 4.79 Å². The summed E-state index contributed by atoms with van der Waals surface area (Å²) in [6.45, 7) is 11.9. The first kappa shape index (κ1) is 16.5. The molecule has 1 atom stereocenters. The minimum absolute atomic E-state index is 0.220. The molecular weight excluding hydrogens is 236 g/mol. The summed E-state index contributed by atoms with van der Waals surface area (Å²) in [6, 6.07) is 0. The van der Waals surface area contributed by atoms with Gasteiger partial charge in [0.15, 0.2) is 0 Å². The average Bonchev–Trinajstić information content (AvgIpc) is 2.52. The van der Waals surface area contributed by atoms with Crippen molar-refractivity contribution in [1.82, 2.24) is 4.90 Å². The molecule has 1 saturated heterocycles. The molecule has 19 heavy (non-hydrogen) atoms. The van der Waals surface area contributed by atoms with Gasteiger partial charge in [-0.25, -0.2) is 0 Å². The maximum Gasteiger partial charge on any atom is 0.230 e. The van der Waals surface area contributed by atoms with Gasteiger partial charge >= 0.3 is 0 Å². The molecule has 0 radical (unpaired) electrons. The van der Waals surface area contributed by atoms with Gasteiger partial charge in [0.2, 0.25) is 5.91 Å². The largest absolute Gasteiger partial charge is 0.342 e. The van der Waals surface area contributed by atoms with Crippen LogP contribution in [-0.2, 0) is 4.79 Å². The Hall–Kier alpha value is -0.570. The maximum absolute atomic E-state index is 12.7. The molecule has 0 bridgehead atoms. The molecule has 1 rings (SSSR count). The Balaban J connectivity index is 2.68. The minimum atomic E-state index is -0.502. The van der Waals surface area contributed by atoms with Crippen LogP contribution in [0.25, 0.3) is 0 Å². The van der Waals surface area contributed by atoms with Gasteiger partial charge in [-0.2, -0.15) is 0 Å². The zero-order valence-corrected chi connectivity index (χ0v) is 13.5. The molecule has 1 unspecified atom stereocenters. The highest BCUT2D eigenvalue weighted by atomic mass is 16.2. The van der Waals surface area contributed by atoms with Gasteiger partial charge in [-0.1, -0.05) is 19.8 Å². The van der Waals surface area contributed by atoms with E-state index < -0.39 is 11.0 Å². The van der Waals surface area contributed by atoms with E-state index in [1.807, 2.05) is 32.6 Å². The second-order valence-electron chi connectivity index (χ2n) is 7.22. The van der Waals surface area contributed by atoms with Gasteiger partial charge < -0.3 is 10.6 Å². The average molecular weight is 268 g/mol. The summed E-state index contributed by atoms with van der Waals surface area (Å²) in [6.07, 6.45) is 6.11. The van der Waals surface area contributed by atoms with Gasteiger partial charge in [-0.3, -0.25) is 4.79 Å². The van der Waals surface area contributed by atoms with Crippen molar-refractivity contribution in [1.29, 1.82) is 0 Å². The first-order valence-corrected chi connectivity index (χ1v) is 7.78. The first-order chi connectivity index (χ1) is 8.70. The molecule has 1 aliphatic rings. The van der Waals surface area contributed by atoms with Gasteiger partial charge in [0.05, 0.1) is 5.41 Å². The fourth-order valence-electron chi connectivity index (χ4n) is 2.74. The van der Waals surface area contributed by atoms with Crippen molar-refractivity contribution < 1.29 is 4.79 Å². The highest BCUT2D eigenvalue weighted by molar-refractivity contribution is 5.83. The summed E-state index contributed by atoms with van der Waals surface area (Å²) in [7, 11) is 0. The van der Waals surface area contributed by atoms with Crippen molar-refractivity contribution in [2.24, 2.45) is 17.1 Å². The number of likely N-dealkylation sites (tertiary alicyclic amines) is 1. The molecule has 2 N–H and O–H groups in total. The molecule has 1 amide bonds. The lowest BCUT2D eigenvalue weighted by Gasteiger charge is -2.40. The van der Waals surface area contributed by atoms with E-state index >= 15 is 0 Å². The standard InChI is InChI=1S/C16H32N2O/c1-6-8-13-9-7-11-18(12-10-13)14(19)15(2,3)16(4,5)17/h13H,6-12,17H2,1-5H3. The number of carbonyl (C=O) groups excluding carboxylic acids is 1. The Bertz CT molecular complexity index is 304. The highest BCUT2D eigenvalue weighted by Gasteiger charge is 2.42. The molecule has 3 nitrogen and oxygen atoms in total. The predicted molar refractivity (Wildman–Crippen MR) is 80.9 cm³/mol. The molecule has 0 saturated carbocycles. The number of hydrogen-bond donors (Lipinski definition) is 1. The Kier molecular flexibility index (Phi) is 5.43. The van der Waals surface area contributed by atoms with Crippen LogP contribution in [0.5, 0.6) is 0 Å². The normalized spacial score (nSPS) is 22.2.